The molecule has 7 nitrogen and oxygen atoms in total. The molecular formula is C17H19N3O4S. The van der Waals surface area contributed by atoms with Gasteiger partial charge >= 0.3 is 0 Å². The Kier molecular flexibility index (Phi) is 5.55. The zero-order chi connectivity index (χ0) is 18.6. The number of anilines is 2. The van der Waals surface area contributed by atoms with Gasteiger partial charge in [0.25, 0.3) is 5.91 Å². The number of aryl methyl sites for hydroxylation is 1. The molecule has 2 aromatic rings. The van der Waals surface area contributed by atoms with Gasteiger partial charge < -0.3 is 10.6 Å². The molecule has 0 fully saturated rings. The second-order valence-corrected chi connectivity index (χ2v) is 7.04. The number of benzene rings is 2. The zero-order valence-corrected chi connectivity index (χ0v) is 14.7. The first-order valence-corrected chi connectivity index (χ1v) is 9.10. The molecule has 132 valence electrons. The van der Waals surface area contributed by atoms with Gasteiger partial charge in [-0.25, -0.2) is 13.6 Å². The van der Waals surface area contributed by atoms with E-state index in [0.29, 0.717) is 23.4 Å². The predicted molar refractivity (Wildman–Crippen MR) is 95.9 cm³/mol. The van der Waals surface area contributed by atoms with E-state index in [1.165, 1.54) is 24.3 Å². The number of sulfonamides is 1. The number of hydrogen-bond donors (Lipinski definition) is 3. The van der Waals surface area contributed by atoms with Crippen LogP contribution in [0.25, 0.3) is 0 Å². The molecule has 0 heterocycles. The van der Waals surface area contributed by atoms with E-state index >= 15 is 0 Å². The SMILES string of the molecule is CCC(=O)Nc1ccc(C)cc1C(=O)Nc1ccc(S(N)(=O)=O)cc1. The lowest BCUT2D eigenvalue weighted by molar-refractivity contribution is -0.115. The number of hydrogen-bond acceptors (Lipinski definition) is 4. The maximum Gasteiger partial charge on any atom is 0.257 e. The summed E-state index contributed by atoms with van der Waals surface area (Å²) in [7, 11) is -3.79. The molecule has 2 rings (SSSR count). The van der Waals surface area contributed by atoms with Gasteiger partial charge in [0, 0.05) is 12.1 Å². The van der Waals surface area contributed by atoms with Crippen LogP contribution in [-0.4, -0.2) is 20.2 Å². The highest BCUT2D eigenvalue weighted by Crippen LogP contribution is 2.20. The zero-order valence-electron chi connectivity index (χ0n) is 13.9. The lowest BCUT2D eigenvalue weighted by Crippen LogP contribution is -2.18. The van der Waals surface area contributed by atoms with Gasteiger partial charge in [-0.3, -0.25) is 9.59 Å². The Hall–Kier alpha value is -2.71. The summed E-state index contributed by atoms with van der Waals surface area (Å²) in [5.74, 6) is -0.617. The Bertz CT molecular complexity index is 906. The molecule has 0 bridgehead atoms. The molecule has 0 saturated heterocycles. The monoisotopic (exact) mass is 361 g/mol. The minimum absolute atomic E-state index is 0.0445. The van der Waals surface area contributed by atoms with Crippen LogP contribution >= 0.6 is 0 Å². The van der Waals surface area contributed by atoms with Crippen molar-refractivity contribution in [3.63, 3.8) is 0 Å². The van der Waals surface area contributed by atoms with Crippen LogP contribution < -0.4 is 15.8 Å². The van der Waals surface area contributed by atoms with E-state index in [-0.39, 0.29) is 10.8 Å². The first-order chi connectivity index (χ1) is 11.7. The molecule has 0 aliphatic carbocycles. The average molecular weight is 361 g/mol. The van der Waals surface area contributed by atoms with Gasteiger partial charge in [0.05, 0.1) is 16.1 Å². The van der Waals surface area contributed by atoms with Crippen molar-refractivity contribution in [2.45, 2.75) is 25.2 Å². The molecule has 0 saturated carbocycles. The summed E-state index contributed by atoms with van der Waals surface area (Å²) in [5, 5.41) is 10.4. The number of amides is 2. The van der Waals surface area contributed by atoms with Crippen LogP contribution in [0.1, 0.15) is 29.3 Å². The van der Waals surface area contributed by atoms with Crippen LogP contribution in [0.15, 0.2) is 47.4 Å². The summed E-state index contributed by atoms with van der Waals surface area (Å²) >= 11 is 0. The Morgan fingerprint density at radius 1 is 1.04 bits per heavy atom. The summed E-state index contributed by atoms with van der Waals surface area (Å²) in [6, 6.07) is 10.6. The largest absolute Gasteiger partial charge is 0.325 e. The van der Waals surface area contributed by atoms with E-state index < -0.39 is 15.9 Å². The highest BCUT2D eigenvalue weighted by Gasteiger charge is 2.14. The Morgan fingerprint density at radius 3 is 2.24 bits per heavy atom. The van der Waals surface area contributed by atoms with Crippen LogP contribution in [0, 0.1) is 6.92 Å². The summed E-state index contributed by atoms with van der Waals surface area (Å²) < 4.78 is 22.5. The van der Waals surface area contributed by atoms with E-state index in [4.69, 9.17) is 5.14 Å². The lowest BCUT2D eigenvalue weighted by atomic mass is 10.1. The van der Waals surface area contributed by atoms with E-state index in [0.717, 1.165) is 5.56 Å². The number of carbonyl (C=O) groups is 2. The minimum atomic E-state index is -3.79. The van der Waals surface area contributed by atoms with Gasteiger partial charge in [-0.2, -0.15) is 0 Å². The van der Waals surface area contributed by atoms with Crippen LogP contribution in [-0.2, 0) is 14.8 Å². The normalized spacial score (nSPS) is 11.0. The number of nitrogens with one attached hydrogen (secondary N) is 2. The van der Waals surface area contributed by atoms with Gasteiger partial charge in [-0.1, -0.05) is 18.6 Å². The fourth-order valence-electron chi connectivity index (χ4n) is 2.12. The molecule has 4 N–H and O–H groups in total. The third-order valence-corrected chi connectivity index (χ3v) is 4.38. The number of carbonyl (C=O) groups excluding carboxylic acids is 2. The van der Waals surface area contributed by atoms with Crippen LogP contribution in [0.2, 0.25) is 0 Å². The van der Waals surface area contributed by atoms with Crippen molar-refractivity contribution in [3.8, 4) is 0 Å². The van der Waals surface area contributed by atoms with E-state index in [9.17, 15) is 18.0 Å². The fourth-order valence-corrected chi connectivity index (χ4v) is 2.64. The molecule has 0 aliphatic rings. The maximum absolute atomic E-state index is 12.5. The molecular weight excluding hydrogens is 342 g/mol. The van der Waals surface area contributed by atoms with E-state index in [1.54, 1.807) is 25.1 Å². The molecule has 0 unspecified atom stereocenters. The van der Waals surface area contributed by atoms with Crippen molar-refractivity contribution in [2.75, 3.05) is 10.6 Å². The summed E-state index contributed by atoms with van der Waals surface area (Å²) in [5.41, 5.74) is 2.00. The highest BCUT2D eigenvalue weighted by atomic mass is 32.2. The standard InChI is InChI=1S/C17H19N3O4S/c1-3-16(21)20-15-9-4-11(2)10-14(15)17(22)19-12-5-7-13(8-6-12)25(18,23)24/h4-10H,3H2,1-2H3,(H,19,22)(H,20,21)(H2,18,23,24). The van der Waals surface area contributed by atoms with Crippen molar-refractivity contribution in [1.29, 1.82) is 0 Å². The number of nitrogens with two attached hydrogens (primary N) is 1. The second-order valence-electron chi connectivity index (χ2n) is 5.47. The van der Waals surface area contributed by atoms with Crippen LogP contribution in [0.4, 0.5) is 11.4 Å². The third kappa shape index (κ3) is 4.88. The molecule has 2 aromatic carbocycles. The number of primary sulfonamides is 1. The van der Waals surface area contributed by atoms with Crippen LogP contribution in [0.3, 0.4) is 0 Å². The first kappa shape index (κ1) is 18.6. The first-order valence-electron chi connectivity index (χ1n) is 7.55. The van der Waals surface area contributed by atoms with Gasteiger partial charge in [0.15, 0.2) is 0 Å². The lowest BCUT2D eigenvalue weighted by Gasteiger charge is -2.12. The molecule has 0 spiro atoms. The Balaban J connectivity index is 2.25. The summed E-state index contributed by atoms with van der Waals surface area (Å²) in [6.45, 7) is 3.55. The maximum atomic E-state index is 12.5. The predicted octanol–water partition coefficient (Wildman–Crippen LogP) is 2.24. The third-order valence-electron chi connectivity index (χ3n) is 3.46. The molecule has 8 heteroatoms. The summed E-state index contributed by atoms with van der Waals surface area (Å²) in [4.78, 5) is 24.1. The highest BCUT2D eigenvalue weighted by molar-refractivity contribution is 7.89. The Labute approximate surface area is 146 Å². The van der Waals surface area contributed by atoms with E-state index in [1.807, 2.05) is 6.92 Å². The molecule has 2 amide bonds. The smallest absolute Gasteiger partial charge is 0.257 e. The van der Waals surface area contributed by atoms with Gasteiger partial charge in [-0.05, 0) is 43.3 Å². The van der Waals surface area contributed by atoms with Gasteiger partial charge in [0.1, 0.15) is 0 Å². The van der Waals surface area contributed by atoms with Gasteiger partial charge in [-0.15, -0.1) is 0 Å². The topological polar surface area (TPSA) is 118 Å². The molecule has 0 atom stereocenters. The van der Waals surface area contributed by atoms with Crippen molar-refractivity contribution >= 4 is 33.2 Å². The molecule has 0 aromatic heterocycles. The average Bonchev–Trinajstić information content (AvgIpc) is 2.56. The second kappa shape index (κ2) is 7.45. The summed E-state index contributed by atoms with van der Waals surface area (Å²) in [6.07, 6.45) is 0.296. The van der Waals surface area contributed by atoms with Crippen molar-refractivity contribution in [3.05, 3.63) is 53.6 Å². The van der Waals surface area contributed by atoms with Crippen LogP contribution in [0.5, 0.6) is 0 Å². The quantitative estimate of drug-likeness (QED) is 0.757. The Morgan fingerprint density at radius 2 is 1.68 bits per heavy atom. The van der Waals surface area contributed by atoms with Crippen molar-refractivity contribution in [1.82, 2.24) is 0 Å². The van der Waals surface area contributed by atoms with E-state index in [2.05, 4.69) is 10.6 Å². The number of rotatable bonds is 5. The van der Waals surface area contributed by atoms with Crippen molar-refractivity contribution in [2.24, 2.45) is 5.14 Å². The minimum Gasteiger partial charge on any atom is -0.325 e. The molecule has 0 aliphatic heterocycles. The van der Waals surface area contributed by atoms with Crippen molar-refractivity contribution < 1.29 is 18.0 Å². The molecule has 25 heavy (non-hydrogen) atoms. The van der Waals surface area contributed by atoms with Gasteiger partial charge in [0.2, 0.25) is 15.9 Å². The molecule has 0 radical (unpaired) electrons. The fraction of sp³-hybridized carbons (Fsp3) is 0.176.